The van der Waals surface area contributed by atoms with Gasteiger partial charge >= 0.3 is 6.18 Å². The third kappa shape index (κ3) is 3.99. The van der Waals surface area contributed by atoms with Crippen LogP contribution in [0.4, 0.5) is 19.0 Å². The lowest BCUT2D eigenvalue weighted by Gasteiger charge is -2.34. The van der Waals surface area contributed by atoms with E-state index in [1.54, 1.807) is 0 Å². The molecule has 1 atom stereocenters. The van der Waals surface area contributed by atoms with E-state index in [0.29, 0.717) is 5.82 Å². The van der Waals surface area contributed by atoms with Gasteiger partial charge in [-0.05, 0) is 63.4 Å². The predicted molar refractivity (Wildman–Crippen MR) is 109 cm³/mol. The lowest BCUT2D eigenvalue weighted by atomic mass is 9.95. The van der Waals surface area contributed by atoms with Crippen molar-refractivity contribution in [2.75, 3.05) is 25.0 Å². The molecule has 1 aromatic carbocycles. The van der Waals surface area contributed by atoms with E-state index < -0.39 is 11.7 Å². The van der Waals surface area contributed by atoms with Gasteiger partial charge in [0.1, 0.15) is 5.82 Å². The molecular weight excluding hydrogens is 401 g/mol. The highest BCUT2D eigenvalue weighted by atomic mass is 35.5. The van der Waals surface area contributed by atoms with Gasteiger partial charge in [-0.2, -0.15) is 18.3 Å². The van der Waals surface area contributed by atoms with Crippen LogP contribution in [0, 0.1) is 0 Å². The molecule has 0 bridgehead atoms. The number of hydrogen-bond donors (Lipinski definition) is 1. The van der Waals surface area contributed by atoms with Gasteiger partial charge in [0.25, 0.3) is 0 Å². The van der Waals surface area contributed by atoms with Crippen molar-refractivity contribution in [3.05, 3.63) is 40.0 Å². The van der Waals surface area contributed by atoms with Crippen LogP contribution in [0.5, 0.6) is 0 Å². The Balaban J connectivity index is 1.89. The third-order valence-corrected chi connectivity index (χ3v) is 6.22. The first kappa shape index (κ1) is 20.5. The van der Waals surface area contributed by atoms with Crippen molar-refractivity contribution in [2.24, 2.45) is 0 Å². The van der Waals surface area contributed by atoms with Crippen LogP contribution >= 0.6 is 11.6 Å². The maximum atomic E-state index is 13.8. The number of alkyl halides is 3. The molecule has 2 aliphatic heterocycles. The third-order valence-electron chi connectivity index (χ3n) is 5.99. The fourth-order valence-electron chi connectivity index (χ4n) is 4.57. The number of piperidine rings is 1. The lowest BCUT2D eigenvalue weighted by molar-refractivity contribution is -0.137. The highest BCUT2D eigenvalue weighted by Crippen LogP contribution is 2.41. The summed E-state index contributed by atoms with van der Waals surface area (Å²) in [5, 5.41) is 8.22. The first-order valence-corrected chi connectivity index (χ1v) is 10.7. The molecule has 4 rings (SSSR count). The summed E-state index contributed by atoms with van der Waals surface area (Å²) in [6, 6.07) is 4.06. The maximum absolute atomic E-state index is 13.8. The molecule has 29 heavy (non-hydrogen) atoms. The fourth-order valence-corrected chi connectivity index (χ4v) is 4.74. The summed E-state index contributed by atoms with van der Waals surface area (Å²) < 4.78 is 42.8. The molecule has 158 valence electrons. The molecule has 0 aliphatic carbocycles. The Bertz CT molecular complexity index is 878. The van der Waals surface area contributed by atoms with Crippen LogP contribution in [0.25, 0.3) is 5.69 Å². The number of nitrogens with one attached hydrogen (secondary N) is 1. The summed E-state index contributed by atoms with van der Waals surface area (Å²) in [6.45, 7) is 4.78. The van der Waals surface area contributed by atoms with Gasteiger partial charge in [0, 0.05) is 17.1 Å². The molecule has 2 aromatic rings. The standard InChI is InChI=1S/C21H26ClF3N4/c1-2-28-12-6-4-8-18(28)19-15-7-3-5-11-26-20(15)29(27-19)17-10-9-14(22)13-16(17)21(23,24)25/h9-10,13,18,26H,2-8,11-12H2,1H3. The van der Waals surface area contributed by atoms with Crippen LogP contribution in [0.15, 0.2) is 18.2 Å². The number of rotatable bonds is 3. The van der Waals surface area contributed by atoms with Gasteiger partial charge in [0.15, 0.2) is 0 Å². The molecule has 1 saturated heterocycles. The van der Waals surface area contributed by atoms with E-state index in [1.165, 1.54) is 16.8 Å². The second-order valence-electron chi connectivity index (χ2n) is 7.81. The monoisotopic (exact) mass is 426 g/mol. The Morgan fingerprint density at radius 3 is 2.79 bits per heavy atom. The summed E-state index contributed by atoms with van der Waals surface area (Å²) in [5.41, 5.74) is 1.26. The van der Waals surface area contributed by atoms with Crippen molar-refractivity contribution in [2.45, 2.75) is 57.7 Å². The van der Waals surface area contributed by atoms with Gasteiger partial charge in [0.2, 0.25) is 0 Å². The van der Waals surface area contributed by atoms with Crippen LogP contribution in [0.1, 0.15) is 61.9 Å². The zero-order chi connectivity index (χ0) is 20.6. The molecule has 1 fully saturated rings. The van der Waals surface area contributed by atoms with Crippen molar-refractivity contribution < 1.29 is 13.2 Å². The van der Waals surface area contributed by atoms with E-state index in [0.717, 1.165) is 75.5 Å². The average molecular weight is 427 g/mol. The molecule has 0 radical (unpaired) electrons. The first-order chi connectivity index (χ1) is 13.9. The Morgan fingerprint density at radius 1 is 1.21 bits per heavy atom. The number of benzene rings is 1. The Labute approximate surface area is 174 Å². The minimum atomic E-state index is -4.51. The van der Waals surface area contributed by atoms with Gasteiger partial charge in [-0.3, -0.25) is 4.90 Å². The van der Waals surface area contributed by atoms with Gasteiger partial charge in [-0.1, -0.05) is 24.9 Å². The fraction of sp³-hybridized carbons (Fsp3) is 0.571. The van der Waals surface area contributed by atoms with Gasteiger partial charge in [-0.15, -0.1) is 0 Å². The zero-order valence-electron chi connectivity index (χ0n) is 16.5. The molecule has 1 aromatic heterocycles. The quantitative estimate of drug-likeness (QED) is 0.669. The van der Waals surface area contributed by atoms with E-state index in [1.807, 2.05) is 0 Å². The van der Waals surface area contributed by atoms with Crippen LogP contribution in [-0.4, -0.2) is 34.3 Å². The van der Waals surface area contributed by atoms with Crippen molar-refractivity contribution >= 4 is 17.4 Å². The Morgan fingerprint density at radius 2 is 2.03 bits per heavy atom. The number of nitrogens with zero attached hydrogens (tertiary/aromatic N) is 3. The number of fused-ring (bicyclic) bond motifs is 1. The summed E-state index contributed by atoms with van der Waals surface area (Å²) in [6.07, 6.45) is 1.58. The van der Waals surface area contributed by atoms with Gasteiger partial charge in [-0.25, -0.2) is 4.68 Å². The molecular formula is C21H26ClF3N4. The first-order valence-electron chi connectivity index (χ1n) is 10.4. The number of aromatic nitrogens is 2. The molecule has 0 spiro atoms. The SMILES string of the molecule is CCN1CCCCC1c1nn(-c2ccc(Cl)cc2C(F)(F)F)c2c1CCCCN2. The summed E-state index contributed by atoms with van der Waals surface area (Å²) in [7, 11) is 0. The van der Waals surface area contributed by atoms with Crippen LogP contribution in [0.3, 0.4) is 0 Å². The van der Waals surface area contributed by atoms with Crippen molar-refractivity contribution in [1.29, 1.82) is 0 Å². The van der Waals surface area contributed by atoms with Crippen molar-refractivity contribution in [1.82, 2.24) is 14.7 Å². The number of hydrogen-bond acceptors (Lipinski definition) is 3. The molecule has 4 nitrogen and oxygen atoms in total. The van der Waals surface area contributed by atoms with Crippen LogP contribution in [-0.2, 0) is 12.6 Å². The zero-order valence-corrected chi connectivity index (χ0v) is 17.3. The number of anilines is 1. The Kier molecular flexibility index (Phi) is 5.80. The topological polar surface area (TPSA) is 33.1 Å². The van der Waals surface area contributed by atoms with E-state index in [9.17, 15) is 13.2 Å². The maximum Gasteiger partial charge on any atom is 0.418 e. The second kappa shape index (κ2) is 8.19. The summed E-state index contributed by atoms with van der Waals surface area (Å²) in [4.78, 5) is 2.40. The molecule has 8 heteroatoms. The molecule has 0 amide bonds. The minimum absolute atomic E-state index is 0.0256. The largest absolute Gasteiger partial charge is 0.418 e. The summed E-state index contributed by atoms with van der Waals surface area (Å²) in [5.74, 6) is 0.701. The van der Waals surface area contributed by atoms with Gasteiger partial charge < -0.3 is 5.32 Å². The van der Waals surface area contributed by atoms with E-state index >= 15 is 0 Å². The number of halogens is 4. The minimum Gasteiger partial charge on any atom is -0.370 e. The van der Waals surface area contributed by atoms with E-state index in [2.05, 4.69) is 17.1 Å². The second-order valence-corrected chi connectivity index (χ2v) is 8.24. The van der Waals surface area contributed by atoms with Gasteiger partial charge in [0.05, 0.1) is 23.0 Å². The van der Waals surface area contributed by atoms with Crippen molar-refractivity contribution in [3.8, 4) is 5.69 Å². The molecule has 0 saturated carbocycles. The highest BCUT2D eigenvalue weighted by Gasteiger charge is 2.37. The molecule has 3 heterocycles. The lowest BCUT2D eigenvalue weighted by Crippen LogP contribution is -2.34. The summed E-state index contributed by atoms with van der Waals surface area (Å²) >= 11 is 5.89. The average Bonchev–Trinajstić information content (AvgIpc) is 2.88. The molecule has 1 N–H and O–H groups in total. The van der Waals surface area contributed by atoms with E-state index in [-0.39, 0.29) is 16.8 Å². The Hall–Kier alpha value is -1.73. The predicted octanol–water partition coefficient (Wildman–Crippen LogP) is 5.84. The molecule has 1 unspecified atom stereocenters. The normalized spacial score (nSPS) is 20.8. The smallest absolute Gasteiger partial charge is 0.370 e. The highest BCUT2D eigenvalue weighted by molar-refractivity contribution is 6.30. The van der Waals surface area contributed by atoms with Crippen LogP contribution < -0.4 is 5.32 Å². The number of likely N-dealkylation sites (tertiary alicyclic amines) is 1. The van der Waals surface area contributed by atoms with Crippen molar-refractivity contribution in [3.63, 3.8) is 0 Å². The van der Waals surface area contributed by atoms with E-state index in [4.69, 9.17) is 16.7 Å². The van der Waals surface area contributed by atoms with Crippen LogP contribution in [0.2, 0.25) is 5.02 Å². The molecule has 2 aliphatic rings.